The summed E-state index contributed by atoms with van der Waals surface area (Å²) in [7, 11) is 1.59. The van der Waals surface area contributed by atoms with Crippen LogP contribution in [0.4, 0.5) is 5.69 Å². The minimum absolute atomic E-state index is 0.239. The van der Waals surface area contributed by atoms with E-state index >= 15 is 0 Å². The molecule has 0 saturated heterocycles. The largest absolute Gasteiger partial charge is 0.497 e. The van der Waals surface area contributed by atoms with Crippen molar-refractivity contribution in [2.24, 2.45) is 0 Å². The highest BCUT2D eigenvalue weighted by atomic mass is 35.5. The summed E-state index contributed by atoms with van der Waals surface area (Å²) in [4.78, 5) is 12.2. The molecule has 1 aromatic heterocycles. The van der Waals surface area contributed by atoms with Crippen molar-refractivity contribution < 1.29 is 13.9 Å². The molecule has 0 radical (unpaired) electrons. The number of nitrogens with one attached hydrogen (secondary N) is 1. The third kappa shape index (κ3) is 2.85. The van der Waals surface area contributed by atoms with E-state index in [1.54, 1.807) is 55.6 Å². The molecule has 0 aliphatic heterocycles. The number of carbonyl (C=O) groups excluding carboxylic acids is 1. The van der Waals surface area contributed by atoms with E-state index in [2.05, 4.69) is 5.32 Å². The van der Waals surface area contributed by atoms with Crippen LogP contribution in [0.25, 0.3) is 11.0 Å². The molecule has 2 aromatic carbocycles. The highest BCUT2D eigenvalue weighted by Crippen LogP contribution is 2.24. The number of furan rings is 1. The van der Waals surface area contributed by atoms with Gasteiger partial charge in [-0.2, -0.15) is 0 Å². The Morgan fingerprint density at radius 2 is 1.90 bits per heavy atom. The predicted octanol–water partition coefficient (Wildman–Crippen LogP) is 4.35. The lowest BCUT2D eigenvalue weighted by atomic mass is 10.2. The summed E-state index contributed by atoms with van der Waals surface area (Å²) in [6, 6.07) is 13.9. The monoisotopic (exact) mass is 301 g/mol. The number of methoxy groups -OCH3 is 1. The van der Waals surface area contributed by atoms with Crippen molar-refractivity contribution in [3.63, 3.8) is 0 Å². The fraction of sp³-hybridized carbons (Fsp3) is 0.0625. The Morgan fingerprint density at radius 3 is 2.62 bits per heavy atom. The number of ether oxygens (including phenoxy) is 1. The van der Waals surface area contributed by atoms with Crippen LogP contribution in [-0.4, -0.2) is 13.0 Å². The summed E-state index contributed by atoms with van der Waals surface area (Å²) >= 11 is 5.91. The Bertz CT molecular complexity index is 793. The topological polar surface area (TPSA) is 51.5 Å². The molecule has 0 aliphatic rings. The first kappa shape index (κ1) is 13.5. The zero-order chi connectivity index (χ0) is 14.8. The number of anilines is 1. The van der Waals surface area contributed by atoms with Crippen LogP contribution in [0.3, 0.4) is 0 Å². The number of benzene rings is 2. The normalized spacial score (nSPS) is 10.6. The van der Waals surface area contributed by atoms with Gasteiger partial charge in [-0.3, -0.25) is 4.79 Å². The second-order valence-electron chi connectivity index (χ2n) is 4.48. The molecule has 0 atom stereocenters. The fourth-order valence-corrected chi connectivity index (χ4v) is 2.17. The van der Waals surface area contributed by atoms with Crippen LogP contribution >= 0.6 is 11.6 Å². The van der Waals surface area contributed by atoms with Crippen molar-refractivity contribution in [3.05, 3.63) is 59.3 Å². The van der Waals surface area contributed by atoms with Gasteiger partial charge in [0.05, 0.1) is 7.11 Å². The van der Waals surface area contributed by atoms with E-state index in [1.165, 1.54) is 0 Å². The molecular weight excluding hydrogens is 290 g/mol. The molecule has 1 heterocycles. The molecule has 0 fully saturated rings. The second-order valence-corrected chi connectivity index (χ2v) is 4.91. The highest BCUT2D eigenvalue weighted by Gasteiger charge is 2.12. The molecule has 0 aliphatic carbocycles. The van der Waals surface area contributed by atoms with Crippen molar-refractivity contribution in [1.29, 1.82) is 0 Å². The third-order valence-corrected chi connectivity index (χ3v) is 3.29. The van der Waals surface area contributed by atoms with Gasteiger partial charge in [0.25, 0.3) is 5.91 Å². The molecule has 3 rings (SSSR count). The van der Waals surface area contributed by atoms with E-state index in [9.17, 15) is 4.79 Å². The van der Waals surface area contributed by atoms with Gasteiger partial charge in [0.2, 0.25) is 0 Å². The van der Waals surface area contributed by atoms with Crippen molar-refractivity contribution in [3.8, 4) is 5.75 Å². The van der Waals surface area contributed by atoms with Gasteiger partial charge in [-0.15, -0.1) is 0 Å². The van der Waals surface area contributed by atoms with E-state index in [1.807, 2.05) is 0 Å². The average Bonchev–Trinajstić information content (AvgIpc) is 2.91. The Balaban J connectivity index is 1.82. The zero-order valence-electron chi connectivity index (χ0n) is 11.2. The summed E-state index contributed by atoms with van der Waals surface area (Å²) in [6.45, 7) is 0. The maximum atomic E-state index is 12.2. The molecular formula is C16H12ClNO3. The second kappa shape index (κ2) is 5.50. The third-order valence-electron chi connectivity index (χ3n) is 3.05. The average molecular weight is 302 g/mol. The van der Waals surface area contributed by atoms with Gasteiger partial charge < -0.3 is 14.5 Å². The van der Waals surface area contributed by atoms with Crippen molar-refractivity contribution in [1.82, 2.24) is 0 Å². The van der Waals surface area contributed by atoms with Crippen LogP contribution < -0.4 is 10.1 Å². The van der Waals surface area contributed by atoms with Crippen LogP contribution in [0.15, 0.2) is 52.9 Å². The molecule has 0 spiro atoms. The van der Waals surface area contributed by atoms with E-state index in [0.29, 0.717) is 16.3 Å². The van der Waals surface area contributed by atoms with Crippen molar-refractivity contribution in [2.45, 2.75) is 0 Å². The number of halogens is 1. The maximum Gasteiger partial charge on any atom is 0.291 e. The molecule has 1 amide bonds. The van der Waals surface area contributed by atoms with Crippen LogP contribution in [0, 0.1) is 0 Å². The highest BCUT2D eigenvalue weighted by molar-refractivity contribution is 6.31. The number of amides is 1. The predicted molar refractivity (Wildman–Crippen MR) is 82.2 cm³/mol. The summed E-state index contributed by atoms with van der Waals surface area (Å²) in [5, 5.41) is 4.16. The van der Waals surface area contributed by atoms with Crippen LogP contribution in [0.1, 0.15) is 10.6 Å². The molecule has 5 heteroatoms. The van der Waals surface area contributed by atoms with Gasteiger partial charge in [0.15, 0.2) is 5.76 Å². The first-order chi connectivity index (χ1) is 10.2. The summed E-state index contributed by atoms with van der Waals surface area (Å²) in [5.74, 6) is 0.655. The van der Waals surface area contributed by atoms with Gasteiger partial charge in [-0.05, 0) is 48.5 Å². The van der Waals surface area contributed by atoms with Gasteiger partial charge >= 0.3 is 0 Å². The van der Waals surface area contributed by atoms with Crippen molar-refractivity contribution >= 4 is 34.2 Å². The molecule has 3 aromatic rings. The summed E-state index contributed by atoms with van der Waals surface area (Å²) in [6.07, 6.45) is 0. The minimum Gasteiger partial charge on any atom is -0.497 e. The summed E-state index contributed by atoms with van der Waals surface area (Å²) < 4.78 is 10.6. The van der Waals surface area contributed by atoms with E-state index in [0.717, 1.165) is 11.1 Å². The maximum absolute atomic E-state index is 12.2. The van der Waals surface area contributed by atoms with Gasteiger partial charge in [-0.25, -0.2) is 0 Å². The number of fused-ring (bicyclic) bond motifs is 1. The summed E-state index contributed by atoms with van der Waals surface area (Å²) in [5.41, 5.74) is 1.29. The van der Waals surface area contributed by atoms with E-state index < -0.39 is 0 Å². The van der Waals surface area contributed by atoms with Gasteiger partial charge in [0.1, 0.15) is 11.3 Å². The molecule has 21 heavy (non-hydrogen) atoms. The number of hydrogen-bond acceptors (Lipinski definition) is 3. The Hall–Kier alpha value is -2.46. The first-order valence-corrected chi connectivity index (χ1v) is 6.68. The molecule has 4 nitrogen and oxygen atoms in total. The molecule has 0 saturated carbocycles. The van der Waals surface area contributed by atoms with Crippen LogP contribution in [0.2, 0.25) is 5.02 Å². The Kier molecular flexibility index (Phi) is 3.54. The SMILES string of the molecule is COc1ccc(NC(=O)c2cc3cc(Cl)ccc3o2)cc1. The first-order valence-electron chi connectivity index (χ1n) is 6.30. The van der Waals surface area contributed by atoms with Crippen LogP contribution in [0.5, 0.6) is 5.75 Å². The Morgan fingerprint density at radius 1 is 1.14 bits per heavy atom. The lowest BCUT2D eigenvalue weighted by Crippen LogP contribution is -2.10. The minimum atomic E-state index is -0.313. The number of carbonyl (C=O) groups is 1. The number of rotatable bonds is 3. The number of hydrogen-bond donors (Lipinski definition) is 1. The van der Waals surface area contributed by atoms with Gasteiger partial charge in [0, 0.05) is 16.1 Å². The van der Waals surface area contributed by atoms with Gasteiger partial charge in [-0.1, -0.05) is 11.6 Å². The zero-order valence-corrected chi connectivity index (χ0v) is 12.0. The molecule has 0 unspecified atom stereocenters. The smallest absolute Gasteiger partial charge is 0.291 e. The molecule has 1 N–H and O–H groups in total. The van der Waals surface area contributed by atoms with Crippen molar-refractivity contribution in [2.75, 3.05) is 12.4 Å². The van der Waals surface area contributed by atoms with E-state index in [-0.39, 0.29) is 11.7 Å². The lowest BCUT2D eigenvalue weighted by Gasteiger charge is -2.04. The standard InChI is InChI=1S/C16H12ClNO3/c1-20-13-5-3-12(4-6-13)18-16(19)15-9-10-8-11(17)2-7-14(10)21-15/h2-9H,1H3,(H,18,19). The quantitative estimate of drug-likeness (QED) is 0.782. The van der Waals surface area contributed by atoms with E-state index in [4.69, 9.17) is 20.8 Å². The molecule has 106 valence electrons. The van der Waals surface area contributed by atoms with Crippen LogP contribution in [-0.2, 0) is 0 Å². The molecule has 0 bridgehead atoms. The Labute approximate surface area is 126 Å². The lowest BCUT2D eigenvalue weighted by molar-refractivity contribution is 0.0998. The fourth-order valence-electron chi connectivity index (χ4n) is 1.99.